The Hall–Kier alpha value is -1.63. The van der Waals surface area contributed by atoms with Gasteiger partial charge in [-0.25, -0.2) is 0 Å². The number of carbonyl (C=O) groups is 3. The topological polar surface area (TPSA) is 84.9 Å². The van der Waals surface area contributed by atoms with E-state index in [0.29, 0.717) is 26.4 Å². The summed E-state index contributed by atoms with van der Waals surface area (Å²) in [6, 6.07) is -0.0317. The van der Waals surface area contributed by atoms with Crippen LogP contribution in [0.25, 0.3) is 0 Å². The van der Waals surface area contributed by atoms with Gasteiger partial charge < -0.3 is 19.7 Å². The van der Waals surface area contributed by atoms with Crippen LogP contribution in [0.3, 0.4) is 0 Å². The number of rotatable bonds is 7. The zero-order valence-corrected chi connectivity index (χ0v) is 14.4. The maximum atomic E-state index is 12.4. The van der Waals surface area contributed by atoms with Crippen LogP contribution in [0.15, 0.2) is 0 Å². The molecule has 2 rings (SSSR count). The average Bonchev–Trinajstić information content (AvgIpc) is 3.06. The van der Waals surface area contributed by atoms with E-state index in [0.717, 1.165) is 25.7 Å². The summed E-state index contributed by atoms with van der Waals surface area (Å²) in [6.45, 7) is 3.31. The highest BCUT2D eigenvalue weighted by atomic mass is 16.5. The number of ether oxygens (including phenoxy) is 2. The first-order valence-electron chi connectivity index (χ1n) is 8.92. The summed E-state index contributed by atoms with van der Waals surface area (Å²) >= 11 is 0. The maximum Gasteiger partial charge on any atom is 0.307 e. The lowest BCUT2D eigenvalue weighted by molar-refractivity contribution is -0.150. The van der Waals surface area contributed by atoms with E-state index in [1.54, 1.807) is 11.8 Å². The molecule has 0 aromatic heterocycles. The van der Waals surface area contributed by atoms with E-state index < -0.39 is 0 Å². The molecule has 1 aliphatic carbocycles. The first kappa shape index (κ1) is 18.7. The summed E-state index contributed by atoms with van der Waals surface area (Å²) in [5.74, 6) is -0.496. The molecule has 1 heterocycles. The molecular formula is C17H28N2O5. The first-order chi connectivity index (χ1) is 11.6. The van der Waals surface area contributed by atoms with Crippen molar-refractivity contribution >= 4 is 17.8 Å². The van der Waals surface area contributed by atoms with Crippen LogP contribution in [0.5, 0.6) is 0 Å². The van der Waals surface area contributed by atoms with Crippen LogP contribution in [0.2, 0.25) is 0 Å². The van der Waals surface area contributed by atoms with Crippen molar-refractivity contribution in [2.45, 2.75) is 64.0 Å². The summed E-state index contributed by atoms with van der Waals surface area (Å²) in [5, 5.41) is 2.99. The van der Waals surface area contributed by atoms with Crippen molar-refractivity contribution in [3.63, 3.8) is 0 Å². The summed E-state index contributed by atoms with van der Waals surface area (Å²) in [5.41, 5.74) is 0. The number of hydrogen-bond acceptors (Lipinski definition) is 5. The van der Waals surface area contributed by atoms with Gasteiger partial charge in [-0.3, -0.25) is 14.4 Å². The SMILES string of the molecule is CCOC(=O)C[C@H]1COCCN1C(=O)CCC(=O)NC1CCCC1. The van der Waals surface area contributed by atoms with Crippen molar-refractivity contribution in [2.75, 3.05) is 26.4 Å². The van der Waals surface area contributed by atoms with Crippen molar-refractivity contribution in [1.29, 1.82) is 0 Å². The Balaban J connectivity index is 1.77. The molecular weight excluding hydrogens is 312 g/mol. The Morgan fingerprint density at radius 2 is 1.96 bits per heavy atom. The molecule has 2 aliphatic rings. The molecule has 1 N–H and O–H groups in total. The molecule has 1 aliphatic heterocycles. The normalized spacial score (nSPS) is 21.5. The number of amides is 2. The second-order valence-corrected chi connectivity index (χ2v) is 6.37. The van der Waals surface area contributed by atoms with Gasteiger partial charge >= 0.3 is 5.97 Å². The molecule has 0 unspecified atom stereocenters. The number of morpholine rings is 1. The lowest BCUT2D eigenvalue weighted by Crippen LogP contribution is -2.50. The van der Waals surface area contributed by atoms with Gasteiger partial charge in [0.05, 0.1) is 32.3 Å². The van der Waals surface area contributed by atoms with Gasteiger partial charge in [-0.15, -0.1) is 0 Å². The third-order valence-corrected chi connectivity index (χ3v) is 4.54. The molecule has 0 aromatic rings. The fourth-order valence-electron chi connectivity index (χ4n) is 3.30. The Morgan fingerprint density at radius 3 is 2.67 bits per heavy atom. The molecule has 7 heteroatoms. The summed E-state index contributed by atoms with van der Waals surface area (Å²) in [6.07, 6.45) is 4.88. The van der Waals surface area contributed by atoms with Crippen molar-refractivity contribution < 1.29 is 23.9 Å². The zero-order valence-electron chi connectivity index (χ0n) is 14.4. The minimum Gasteiger partial charge on any atom is -0.466 e. The molecule has 7 nitrogen and oxygen atoms in total. The van der Waals surface area contributed by atoms with Gasteiger partial charge in [-0.1, -0.05) is 12.8 Å². The maximum absolute atomic E-state index is 12.4. The Morgan fingerprint density at radius 1 is 1.21 bits per heavy atom. The van der Waals surface area contributed by atoms with E-state index in [1.165, 1.54) is 0 Å². The third-order valence-electron chi connectivity index (χ3n) is 4.54. The van der Waals surface area contributed by atoms with E-state index >= 15 is 0 Å². The summed E-state index contributed by atoms with van der Waals surface area (Å²) in [4.78, 5) is 37.7. The van der Waals surface area contributed by atoms with Crippen LogP contribution in [0.1, 0.15) is 51.9 Å². The van der Waals surface area contributed by atoms with Crippen molar-refractivity contribution in [3.8, 4) is 0 Å². The van der Waals surface area contributed by atoms with Crippen molar-refractivity contribution in [3.05, 3.63) is 0 Å². The lowest BCUT2D eigenvalue weighted by atomic mass is 10.1. The van der Waals surface area contributed by atoms with Crippen LogP contribution in [0.4, 0.5) is 0 Å². The largest absolute Gasteiger partial charge is 0.466 e. The average molecular weight is 340 g/mol. The molecule has 0 bridgehead atoms. The number of esters is 1. The van der Waals surface area contributed by atoms with Crippen LogP contribution in [-0.4, -0.2) is 61.1 Å². The monoisotopic (exact) mass is 340 g/mol. The Bertz CT molecular complexity index is 448. The highest BCUT2D eigenvalue weighted by Crippen LogP contribution is 2.18. The van der Waals surface area contributed by atoms with Gasteiger partial charge in [0.1, 0.15) is 0 Å². The van der Waals surface area contributed by atoms with Gasteiger partial charge in [0.2, 0.25) is 11.8 Å². The second-order valence-electron chi connectivity index (χ2n) is 6.37. The molecule has 0 spiro atoms. The smallest absolute Gasteiger partial charge is 0.307 e. The fraction of sp³-hybridized carbons (Fsp3) is 0.824. The number of nitrogens with one attached hydrogen (secondary N) is 1. The molecule has 1 atom stereocenters. The molecule has 0 radical (unpaired) electrons. The zero-order chi connectivity index (χ0) is 17.4. The molecule has 136 valence electrons. The Kier molecular flexibility index (Phi) is 7.49. The van der Waals surface area contributed by atoms with Crippen LogP contribution >= 0.6 is 0 Å². The molecule has 1 saturated carbocycles. The van der Waals surface area contributed by atoms with Gasteiger partial charge in [-0.2, -0.15) is 0 Å². The van der Waals surface area contributed by atoms with Gasteiger partial charge in [-0.05, 0) is 19.8 Å². The standard InChI is InChI=1S/C17H28N2O5/c1-2-24-17(22)11-14-12-23-10-9-19(14)16(21)8-7-15(20)18-13-5-3-4-6-13/h13-14H,2-12H2,1H3,(H,18,20)/t14-/m0/s1. The summed E-state index contributed by atoms with van der Waals surface area (Å²) < 4.78 is 10.3. The predicted octanol–water partition coefficient (Wildman–Crippen LogP) is 1.01. The highest BCUT2D eigenvalue weighted by Gasteiger charge is 2.29. The van der Waals surface area contributed by atoms with Crippen LogP contribution in [0, 0.1) is 0 Å². The van der Waals surface area contributed by atoms with E-state index in [4.69, 9.17) is 9.47 Å². The molecule has 0 aromatic carbocycles. The summed E-state index contributed by atoms with van der Waals surface area (Å²) in [7, 11) is 0. The van der Waals surface area contributed by atoms with E-state index in [-0.39, 0.29) is 49.1 Å². The van der Waals surface area contributed by atoms with Crippen LogP contribution < -0.4 is 5.32 Å². The van der Waals surface area contributed by atoms with Crippen molar-refractivity contribution in [2.24, 2.45) is 0 Å². The number of carbonyl (C=O) groups excluding carboxylic acids is 3. The van der Waals surface area contributed by atoms with Gasteiger partial charge in [0.25, 0.3) is 0 Å². The van der Waals surface area contributed by atoms with Crippen molar-refractivity contribution in [1.82, 2.24) is 10.2 Å². The predicted molar refractivity (Wildman–Crippen MR) is 87.2 cm³/mol. The first-order valence-corrected chi connectivity index (χ1v) is 8.92. The highest BCUT2D eigenvalue weighted by molar-refractivity contribution is 5.84. The lowest BCUT2D eigenvalue weighted by Gasteiger charge is -2.35. The molecule has 24 heavy (non-hydrogen) atoms. The van der Waals surface area contributed by atoms with E-state index in [9.17, 15) is 14.4 Å². The quantitative estimate of drug-likeness (QED) is 0.699. The van der Waals surface area contributed by atoms with Gasteiger partial charge in [0, 0.05) is 25.4 Å². The molecule has 2 amide bonds. The van der Waals surface area contributed by atoms with E-state index in [2.05, 4.69) is 5.32 Å². The van der Waals surface area contributed by atoms with E-state index in [1.807, 2.05) is 0 Å². The van der Waals surface area contributed by atoms with Gasteiger partial charge in [0.15, 0.2) is 0 Å². The number of hydrogen-bond donors (Lipinski definition) is 1. The number of nitrogens with zero attached hydrogens (tertiary/aromatic N) is 1. The minimum absolute atomic E-state index is 0.0644. The third kappa shape index (κ3) is 5.78. The molecule has 2 fully saturated rings. The molecule has 1 saturated heterocycles. The minimum atomic E-state index is -0.329. The Labute approximate surface area is 143 Å². The van der Waals surface area contributed by atoms with Crippen LogP contribution in [-0.2, 0) is 23.9 Å². The second kappa shape index (κ2) is 9.61. The fourth-order valence-corrected chi connectivity index (χ4v) is 3.30.